The summed E-state index contributed by atoms with van der Waals surface area (Å²) in [7, 11) is 0. The normalized spacial score (nSPS) is 12.8. The number of para-hydroxylation sites is 1. The van der Waals surface area contributed by atoms with E-state index < -0.39 is 0 Å². The molecule has 4 nitrogen and oxygen atoms in total. The molecule has 1 radical (unpaired) electrons. The molecule has 0 amide bonds. The van der Waals surface area contributed by atoms with Crippen LogP contribution in [0.1, 0.15) is 122 Å². The number of phenolic OH excluding ortho intramolecular Hbond substituents is 2. The molecule has 0 aliphatic rings. The van der Waals surface area contributed by atoms with E-state index in [1.54, 1.807) is 12.4 Å². The minimum atomic E-state index is -0.205. The van der Waals surface area contributed by atoms with Crippen molar-refractivity contribution in [1.82, 2.24) is 0 Å². The molecule has 0 aliphatic carbocycles. The van der Waals surface area contributed by atoms with Crippen LogP contribution in [0, 0.1) is 7.43 Å². The van der Waals surface area contributed by atoms with Gasteiger partial charge in [0.25, 0.3) is 0 Å². The van der Waals surface area contributed by atoms with Crippen molar-refractivity contribution in [2.24, 2.45) is 9.98 Å². The molecule has 0 atom stereocenters. The van der Waals surface area contributed by atoms with Crippen LogP contribution in [0.4, 0.5) is 5.69 Å². The Labute approximate surface area is 272 Å². The van der Waals surface area contributed by atoms with Gasteiger partial charge in [-0.3, -0.25) is 9.98 Å². The predicted octanol–water partition coefficient (Wildman–Crippen LogP) is 10.1. The zero-order valence-electron chi connectivity index (χ0n) is 28.6. The fraction of sp³-hybridized carbons (Fsp3) is 0.447. The number of hydrogen-bond donors (Lipinski definition) is 2. The smallest absolute Gasteiger partial charge is 0.128 e. The minimum absolute atomic E-state index is 0. The van der Waals surface area contributed by atoms with E-state index in [2.05, 4.69) is 95.2 Å². The first-order valence-electron chi connectivity index (χ1n) is 14.6. The third kappa shape index (κ3) is 9.55. The number of phenols is 2. The van der Waals surface area contributed by atoms with Gasteiger partial charge in [-0.25, -0.2) is 0 Å². The van der Waals surface area contributed by atoms with E-state index in [4.69, 9.17) is 9.98 Å². The summed E-state index contributed by atoms with van der Waals surface area (Å²) in [5, 5.41) is 22.3. The van der Waals surface area contributed by atoms with E-state index in [1.807, 2.05) is 36.4 Å². The number of benzene rings is 3. The molecule has 3 rings (SSSR count). The number of nitrogens with zero attached hydrogens (tertiary/aromatic N) is 2. The number of hydrogen-bond acceptors (Lipinski definition) is 4. The van der Waals surface area contributed by atoms with Crippen LogP contribution in [0.3, 0.4) is 0 Å². The average Bonchev–Trinajstić information content (AvgIpc) is 2.82. The number of aromatic hydroxyl groups is 2. The maximum Gasteiger partial charge on any atom is 0.128 e. The summed E-state index contributed by atoms with van der Waals surface area (Å²) >= 11 is 0. The van der Waals surface area contributed by atoms with Crippen LogP contribution in [0.5, 0.6) is 11.5 Å². The molecule has 0 aliphatic heterocycles. The fourth-order valence-electron chi connectivity index (χ4n) is 4.67. The van der Waals surface area contributed by atoms with Crippen LogP contribution in [0.2, 0.25) is 0 Å². The molecule has 3 aromatic rings. The van der Waals surface area contributed by atoms with Gasteiger partial charge in [0, 0.05) is 51.5 Å². The topological polar surface area (TPSA) is 65.2 Å². The molecule has 0 aromatic heterocycles. The molecule has 0 heterocycles. The molecular formula is C38H53CoN2O2-. The van der Waals surface area contributed by atoms with Crippen molar-refractivity contribution in [3.63, 3.8) is 0 Å². The first kappa shape index (κ1) is 38.1. The van der Waals surface area contributed by atoms with Crippen LogP contribution >= 0.6 is 0 Å². The van der Waals surface area contributed by atoms with E-state index >= 15 is 0 Å². The van der Waals surface area contributed by atoms with Crippen molar-refractivity contribution in [2.75, 3.05) is 0 Å². The van der Waals surface area contributed by atoms with Gasteiger partial charge in [0.05, 0.1) is 12.2 Å². The zero-order chi connectivity index (χ0) is 31.0. The van der Waals surface area contributed by atoms with E-state index in [0.29, 0.717) is 12.1 Å². The Morgan fingerprint density at radius 1 is 0.605 bits per heavy atom. The summed E-state index contributed by atoms with van der Waals surface area (Å²) in [6, 6.07) is 16.2. The van der Waals surface area contributed by atoms with Crippen LogP contribution in [0.25, 0.3) is 0 Å². The fourth-order valence-corrected chi connectivity index (χ4v) is 4.67. The van der Waals surface area contributed by atoms with Gasteiger partial charge in [0.15, 0.2) is 0 Å². The largest absolute Gasteiger partial charge is 0.507 e. The van der Waals surface area contributed by atoms with Crippen LogP contribution in [0.15, 0.2) is 58.5 Å². The Hall–Kier alpha value is -2.89. The standard InChI is InChI=1S/C37H50N2O2.CH3.Co/c1-34(2,3)27-17-25(32(40)29(19-27)36(7,8)9)22-38-21-24-15-13-14-16-31(24)39-23-26-18-28(35(4,5)6)20-30(33(26)41)37(10,11)12;;/h13-20,22-23,40-41H,21H2,1-12H3;1H3;/q;-1;. The summed E-state index contributed by atoms with van der Waals surface area (Å²) in [5.74, 6) is 0.554. The van der Waals surface area contributed by atoms with E-state index in [-0.39, 0.29) is 57.4 Å². The Balaban J connectivity index is 0.00000462. The Morgan fingerprint density at radius 3 is 1.44 bits per heavy atom. The monoisotopic (exact) mass is 628 g/mol. The summed E-state index contributed by atoms with van der Waals surface area (Å²) in [6.45, 7) is 26.2. The Bertz CT molecular complexity index is 1460. The van der Waals surface area contributed by atoms with E-state index in [1.165, 1.54) is 5.56 Å². The van der Waals surface area contributed by atoms with Gasteiger partial charge in [-0.15, -0.1) is 0 Å². The second kappa shape index (κ2) is 13.8. The number of rotatable bonds is 5. The van der Waals surface area contributed by atoms with E-state index in [9.17, 15) is 10.2 Å². The van der Waals surface area contributed by atoms with Crippen molar-refractivity contribution < 1.29 is 27.0 Å². The van der Waals surface area contributed by atoms with Crippen molar-refractivity contribution in [3.8, 4) is 11.5 Å². The molecule has 0 saturated carbocycles. The Kier molecular flexibility index (Phi) is 12.3. The molecule has 43 heavy (non-hydrogen) atoms. The summed E-state index contributed by atoms with van der Waals surface area (Å²) < 4.78 is 0. The molecule has 237 valence electrons. The van der Waals surface area contributed by atoms with Crippen molar-refractivity contribution in [2.45, 2.75) is 111 Å². The maximum atomic E-state index is 11.2. The van der Waals surface area contributed by atoms with Gasteiger partial charge >= 0.3 is 0 Å². The van der Waals surface area contributed by atoms with Crippen LogP contribution in [-0.2, 0) is 45.0 Å². The van der Waals surface area contributed by atoms with Gasteiger partial charge in [0.2, 0.25) is 0 Å². The van der Waals surface area contributed by atoms with Crippen molar-refractivity contribution >= 4 is 18.1 Å². The van der Waals surface area contributed by atoms with Crippen LogP contribution < -0.4 is 0 Å². The molecule has 5 heteroatoms. The molecular weight excluding hydrogens is 575 g/mol. The SMILES string of the molecule is CC(C)(C)c1cc(C=NCc2ccccc2N=Cc2cc(C(C)(C)C)cc(C(C)(C)C)c2O)c(O)c(C(C)(C)C)c1.[CH3-].[Co]. The third-order valence-electron chi connectivity index (χ3n) is 7.45. The van der Waals surface area contributed by atoms with Gasteiger partial charge in [-0.1, -0.05) is 113 Å². The quantitative estimate of drug-likeness (QED) is 0.218. The van der Waals surface area contributed by atoms with Crippen molar-refractivity contribution in [3.05, 3.63) is 94.9 Å². The molecule has 0 unspecified atom stereocenters. The van der Waals surface area contributed by atoms with Crippen LogP contribution in [-0.4, -0.2) is 22.6 Å². The third-order valence-corrected chi connectivity index (χ3v) is 7.45. The van der Waals surface area contributed by atoms with Crippen molar-refractivity contribution in [1.29, 1.82) is 0 Å². The molecule has 0 bridgehead atoms. The first-order chi connectivity index (χ1) is 18.7. The van der Waals surface area contributed by atoms with Gasteiger partial charge in [-0.2, -0.15) is 0 Å². The van der Waals surface area contributed by atoms with Gasteiger partial charge in [-0.05, 0) is 56.5 Å². The van der Waals surface area contributed by atoms with Gasteiger partial charge < -0.3 is 17.6 Å². The summed E-state index contributed by atoms with van der Waals surface area (Å²) in [6.07, 6.45) is 3.53. The molecule has 0 saturated heterocycles. The molecule has 2 N–H and O–H groups in total. The molecule has 0 spiro atoms. The molecule has 0 fully saturated rings. The van der Waals surface area contributed by atoms with Gasteiger partial charge in [0.1, 0.15) is 11.5 Å². The second-order valence-electron chi connectivity index (χ2n) is 15.3. The summed E-state index contributed by atoms with van der Waals surface area (Å²) in [5.41, 5.74) is 6.83. The van der Waals surface area contributed by atoms with E-state index in [0.717, 1.165) is 33.5 Å². The minimum Gasteiger partial charge on any atom is -0.507 e. The first-order valence-corrected chi connectivity index (χ1v) is 14.6. The predicted molar refractivity (Wildman–Crippen MR) is 182 cm³/mol. The Morgan fingerprint density at radius 2 is 1.02 bits per heavy atom. The second-order valence-corrected chi connectivity index (χ2v) is 15.3. The average molecular weight is 629 g/mol. The zero-order valence-corrected chi connectivity index (χ0v) is 29.6. The number of aliphatic imine (C=N–C) groups is 2. The maximum absolute atomic E-state index is 11.2. The molecule has 3 aromatic carbocycles. The summed E-state index contributed by atoms with van der Waals surface area (Å²) in [4.78, 5) is 9.55.